The van der Waals surface area contributed by atoms with Crippen LogP contribution in [0.15, 0.2) is 84.0 Å². The number of aryl methyl sites for hydroxylation is 1. The van der Waals surface area contributed by atoms with Crippen LogP contribution in [0.3, 0.4) is 0 Å². The van der Waals surface area contributed by atoms with E-state index in [2.05, 4.69) is 9.97 Å². The van der Waals surface area contributed by atoms with Crippen LogP contribution < -0.4 is 5.56 Å². The van der Waals surface area contributed by atoms with Crippen molar-refractivity contribution in [2.45, 2.75) is 39.4 Å². The lowest BCUT2D eigenvalue weighted by Crippen LogP contribution is -2.28. The fourth-order valence-electron chi connectivity index (χ4n) is 5.09. The van der Waals surface area contributed by atoms with E-state index in [1.165, 1.54) is 15.9 Å². The summed E-state index contributed by atoms with van der Waals surface area (Å²) in [6.45, 7) is 7.38. The van der Waals surface area contributed by atoms with Gasteiger partial charge in [-0.3, -0.25) is 14.3 Å². The summed E-state index contributed by atoms with van der Waals surface area (Å²) in [5.41, 5.74) is 3.72. The lowest BCUT2D eigenvalue weighted by molar-refractivity contribution is -0.160. The molecule has 0 radical (unpaired) electrons. The minimum absolute atomic E-state index is 0.268. The number of rotatable bonds is 6. The molecule has 4 aromatic heterocycles. The first-order valence-corrected chi connectivity index (χ1v) is 14.7. The Bertz CT molecular complexity index is 2080. The normalized spacial score (nSPS) is 12.6. The molecule has 4 heterocycles. The largest absolute Gasteiger partial charge is 0.479 e. The topological polar surface area (TPSA) is 107 Å². The van der Waals surface area contributed by atoms with E-state index in [-0.39, 0.29) is 5.56 Å². The zero-order valence-corrected chi connectivity index (χ0v) is 25.4. The van der Waals surface area contributed by atoms with Gasteiger partial charge in [-0.1, -0.05) is 29.8 Å². The van der Waals surface area contributed by atoms with E-state index in [0.29, 0.717) is 26.9 Å². The highest BCUT2D eigenvalue weighted by Gasteiger charge is 2.32. The first kappa shape index (κ1) is 28.7. The van der Waals surface area contributed by atoms with Crippen molar-refractivity contribution in [2.24, 2.45) is 0 Å². The van der Waals surface area contributed by atoms with Crippen molar-refractivity contribution in [1.29, 1.82) is 0 Å². The van der Waals surface area contributed by atoms with Crippen molar-refractivity contribution in [2.75, 3.05) is 0 Å². The van der Waals surface area contributed by atoms with Gasteiger partial charge in [0.05, 0.1) is 15.8 Å². The summed E-state index contributed by atoms with van der Waals surface area (Å²) in [4.78, 5) is 39.5. The summed E-state index contributed by atoms with van der Waals surface area (Å²) in [5, 5.41) is 12.3. The lowest BCUT2D eigenvalue weighted by Gasteiger charge is -2.28. The van der Waals surface area contributed by atoms with Crippen molar-refractivity contribution >= 4 is 50.0 Å². The van der Waals surface area contributed by atoms with Crippen molar-refractivity contribution in [3.05, 3.63) is 106 Å². The number of carboxylic acids is 1. The van der Waals surface area contributed by atoms with Crippen molar-refractivity contribution in [3.8, 4) is 27.5 Å². The van der Waals surface area contributed by atoms with E-state index in [1.807, 2.05) is 70.2 Å². The highest BCUT2D eigenvalue weighted by Crippen LogP contribution is 2.44. The molecule has 10 heteroatoms. The molecular formula is C33H27ClN4O4S. The summed E-state index contributed by atoms with van der Waals surface area (Å²) in [5.74, 6) is -0.639. The van der Waals surface area contributed by atoms with E-state index in [4.69, 9.17) is 21.3 Å². The monoisotopic (exact) mass is 610 g/mol. The van der Waals surface area contributed by atoms with Gasteiger partial charge in [0.1, 0.15) is 16.3 Å². The van der Waals surface area contributed by atoms with Crippen LogP contribution in [0.5, 0.6) is 0 Å². The number of thiazole rings is 1. The minimum atomic E-state index is -1.21. The Morgan fingerprint density at radius 1 is 1.02 bits per heavy atom. The molecule has 216 valence electrons. The van der Waals surface area contributed by atoms with Gasteiger partial charge in [0.2, 0.25) is 0 Å². The molecule has 0 spiro atoms. The molecule has 0 aliphatic carbocycles. The number of ether oxygens (including phenoxy) is 1. The molecule has 43 heavy (non-hydrogen) atoms. The molecule has 1 atom stereocenters. The zero-order valence-electron chi connectivity index (χ0n) is 23.8. The van der Waals surface area contributed by atoms with Crippen LogP contribution in [0, 0.1) is 6.92 Å². The number of nitrogens with zero attached hydrogens (tertiary/aromatic N) is 4. The van der Waals surface area contributed by atoms with Crippen LogP contribution in [0.25, 0.3) is 48.6 Å². The third-order valence-electron chi connectivity index (χ3n) is 6.92. The molecule has 0 bridgehead atoms. The fourth-order valence-corrected chi connectivity index (χ4v) is 6.34. The second-order valence-corrected chi connectivity index (χ2v) is 12.6. The summed E-state index contributed by atoms with van der Waals surface area (Å²) in [6, 6.07) is 18.3. The van der Waals surface area contributed by atoms with Gasteiger partial charge in [0.15, 0.2) is 6.10 Å². The van der Waals surface area contributed by atoms with Crippen LogP contribution >= 0.6 is 22.9 Å². The third kappa shape index (κ3) is 5.54. The molecule has 0 aliphatic rings. The molecule has 1 N–H and O–H groups in total. The third-order valence-corrected chi connectivity index (χ3v) is 8.31. The predicted octanol–water partition coefficient (Wildman–Crippen LogP) is 7.63. The maximum atomic E-state index is 13.2. The van der Waals surface area contributed by atoms with E-state index < -0.39 is 17.7 Å². The van der Waals surface area contributed by atoms with E-state index in [1.54, 1.807) is 36.8 Å². The van der Waals surface area contributed by atoms with Gasteiger partial charge >= 0.3 is 5.97 Å². The SMILES string of the molecule is Cc1cc2nc(-c3ccnc(-n4ccc5cccnc5c4=O)c3)sc2c(-c2ccc(Cl)cc2)c1[C@H](OC(C)(C)C)C(=O)O. The molecule has 8 nitrogen and oxygen atoms in total. The van der Waals surface area contributed by atoms with E-state index >= 15 is 0 Å². The van der Waals surface area contributed by atoms with Gasteiger partial charge in [0.25, 0.3) is 5.56 Å². The van der Waals surface area contributed by atoms with Crippen molar-refractivity contribution in [1.82, 2.24) is 19.5 Å². The number of aliphatic carboxylic acids is 1. The van der Waals surface area contributed by atoms with Gasteiger partial charge in [-0.25, -0.2) is 14.8 Å². The van der Waals surface area contributed by atoms with Crippen LogP contribution in [0.1, 0.15) is 38.0 Å². The average Bonchev–Trinajstić information content (AvgIpc) is 3.39. The number of pyridine rings is 3. The molecule has 0 unspecified atom stereocenters. The Kier molecular flexibility index (Phi) is 7.33. The highest BCUT2D eigenvalue weighted by atomic mass is 35.5. The fraction of sp³-hybridized carbons (Fsp3) is 0.182. The van der Waals surface area contributed by atoms with Gasteiger partial charge in [0, 0.05) is 45.7 Å². The zero-order chi connectivity index (χ0) is 30.5. The number of halogens is 1. The van der Waals surface area contributed by atoms with Gasteiger partial charge < -0.3 is 9.84 Å². The number of hydrogen-bond acceptors (Lipinski definition) is 7. The number of aromatic nitrogens is 4. The number of hydrogen-bond donors (Lipinski definition) is 1. The summed E-state index contributed by atoms with van der Waals surface area (Å²) in [6.07, 6.45) is 3.71. The Labute approximate surface area is 256 Å². The smallest absolute Gasteiger partial charge is 0.337 e. The summed E-state index contributed by atoms with van der Waals surface area (Å²) < 4.78 is 8.39. The molecule has 2 aromatic carbocycles. The standard InChI is InChI=1S/C33H27ClN4O4S/c1-18-16-23-29(26(19-7-9-22(34)10-8-19)25(18)28(32(40)41)42-33(2,3)4)43-30(37-23)21-11-14-35-24(17-21)38-15-12-20-6-5-13-36-27(20)31(38)39/h5-17,28H,1-4H3,(H,40,41)/t28-/m0/s1. The van der Waals surface area contributed by atoms with E-state index in [0.717, 1.165) is 37.9 Å². The maximum Gasteiger partial charge on any atom is 0.337 e. The Morgan fingerprint density at radius 2 is 1.79 bits per heavy atom. The molecule has 0 fully saturated rings. The molecule has 6 aromatic rings. The van der Waals surface area contributed by atoms with Gasteiger partial charge in [-0.05, 0) is 81.3 Å². The quantitative estimate of drug-likeness (QED) is 0.207. The number of benzene rings is 2. The number of carbonyl (C=O) groups is 1. The molecule has 0 saturated heterocycles. The highest BCUT2D eigenvalue weighted by molar-refractivity contribution is 7.22. The Morgan fingerprint density at radius 3 is 2.51 bits per heavy atom. The molecule has 0 aliphatic heterocycles. The van der Waals surface area contributed by atoms with Crippen LogP contribution in [0.4, 0.5) is 0 Å². The average molecular weight is 611 g/mol. The van der Waals surface area contributed by atoms with Crippen molar-refractivity contribution < 1.29 is 14.6 Å². The number of fused-ring (bicyclic) bond motifs is 2. The molecule has 0 saturated carbocycles. The van der Waals surface area contributed by atoms with Gasteiger partial charge in [-0.2, -0.15) is 0 Å². The second-order valence-electron chi connectivity index (χ2n) is 11.1. The minimum Gasteiger partial charge on any atom is -0.479 e. The van der Waals surface area contributed by atoms with Crippen LogP contribution in [-0.4, -0.2) is 36.2 Å². The maximum absolute atomic E-state index is 13.2. The van der Waals surface area contributed by atoms with Crippen molar-refractivity contribution in [3.63, 3.8) is 0 Å². The van der Waals surface area contributed by atoms with Gasteiger partial charge in [-0.15, -0.1) is 11.3 Å². The first-order chi connectivity index (χ1) is 20.5. The predicted molar refractivity (Wildman–Crippen MR) is 170 cm³/mol. The Balaban J connectivity index is 1.55. The van der Waals surface area contributed by atoms with E-state index in [9.17, 15) is 14.7 Å². The molecule has 6 rings (SSSR count). The van der Waals surface area contributed by atoms with Crippen LogP contribution in [-0.2, 0) is 9.53 Å². The lowest BCUT2D eigenvalue weighted by atomic mass is 9.91. The summed E-state index contributed by atoms with van der Waals surface area (Å²) >= 11 is 7.66. The van der Waals surface area contributed by atoms with Crippen LogP contribution in [0.2, 0.25) is 5.02 Å². The number of carboxylic acid groups (broad SMARTS) is 1. The molecular weight excluding hydrogens is 584 g/mol. The summed E-state index contributed by atoms with van der Waals surface area (Å²) in [7, 11) is 0. The Hall–Kier alpha value is -4.44. The molecule has 0 amide bonds. The second kappa shape index (κ2) is 11.0. The first-order valence-electron chi connectivity index (χ1n) is 13.5.